The van der Waals surface area contributed by atoms with Crippen molar-refractivity contribution in [3.8, 4) is 91.1 Å². The van der Waals surface area contributed by atoms with Crippen molar-refractivity contribution in [3.63, 3.8) is 0 Å². The lowest BCUT2D eigenvalue weighted by atomic mass is 9.79. The number of likely N-dealkylation sites (tertiary alicyclic amines) is 1. The van der Waals surface area contributed by atoms with Crippen LogP contribution in [0, 0.1) is 46.1 Å². The monoisotopic (exact) mass is 1360 g/mol. The minimum absolute atomic E-state index is 0.133. The van der Waals surface area contributed by atoms with E-state index in [1.54, 1.807) is 6.33 Å². The number of aromatic nitrogens is 10. The molecule has 0 unspecified atom stereocenters. The number of piperidine rings is 1. The topological polar surface area (TPSA) is 130 Å². The van der Waals surface area contributed by atoms with Crippen molar-refractivity contribution in [2.24, 2.45) is 23.2 Å². The molecule has 7 aliphatic rings. The van der Waals surface area contributed by atoms with E-state index >= 15 is 0 Å². The summed E-state index contributed by atoms with van der Waals surface area (Å²) < 4.78 is 40.1. The molecule has 3 atom stereocenters. The molecule has 0 radical (unpaired) electrons. The fourth-order valence-electron chi connectivity index (χ4n) is 17.1. The lowest BCUT2D eigenvalue weighted by Gasteiger charge is -2.46. The number of nitrogens with one attached hydrogen (secondary N) is 1. The molecule has 7 aliphatic heterocycles. The number of nitriles is 1. The number of fused-ring (bicyclic) bond motifs is 15. The van der Waals surface area contributed by atoms with Crippen LogP contribution in [0.1, 0.15) is 67.0 Å². The van der Waals surface area contributed by atoms with Crippen molar-refractivity contribution in [1.82, 2.24) is 62.7 Å². The Kier molecular flexibility index (Phi) is 16.6. The molecular formula is C82H81ClF2N16. The van der Waals surface area contributed by atoms with E-state index in [1.165, 1.54) is 102 Å². The molecule has 510 valence electrons. The SMILES string of the molecule is CN1CC2(CCN(c3ccc4c(c3)Cn3c(cc(-c5ccc(C#N)cc5)c3Cl)-c3nncn3-4)C2)C1.C[C@@H]1CN(c2ccc3c(c2)[C@@H](C)n2cc(-c4ccc(F)cc4)cc2-c2nccn2-3)C[C@H]1CN(C)C.Fc1ccc(-c2cc3n(c2)Cc2cc(CC4CCNCC4)ccc2-n2ccnc2-3)cc1. The summed E-state index contributed by atoms with van der Waals surface area (Å²) in [6.45, 7) is 16.3. The van der Waals surface area contributed by atoms with Crippen LogP contribution in [-0.4, -0.2) is 137 Å². The molecule has 12 aromatic rings. The fraction of sp³-hybridized carbons (Fsp3) is 0.305. The summed E-state index contributed by atoms with van der Waals surface area (Å²) >= 11 is 6.99. The summed E-state index contributed by atoms with van der Waals surface area (Å²) in [6.07, 6.45) is 18.9. The van der Waals surface area contributed by atoms with Gasteiger partial charge in [-0.25, -0.2) is 18.7 Å². The second-order valence-electron chi connectivity index (χ2n) is 29.4. The Labute approximate surface area is 592 Å². The van der Waals surface area contributed by atoms with Gasteiger partial charge in [0.05, 0.1) is 58.4 Å². The first-order chi connectivity index (χ1) is 49.2. The summed E-state index contributed by atoms with van der Waals surface area (Å²) in [6, 6.07) is 50.2. The van der Waals surface area contributed by atoms with Gasteiger partial charge in [-0.1, -0.05) is 67.1 Å². The quantitative estimate of drug-likeness (QED) is 0.149. The van der Waals surface area contributed by atoms with Crippen LogP contribution < -0.4 is 15.1 Å². The zero-order valence-corrected chi connectivity index (χ0v) is 58.4. The van der Waals surface area contributed by atoms with Crippen LogP contribution in [0.5, 0.6) is 0 Å². The Morgan fingerprint density at radius 2 is 1.29 bits per heavy atom. The number of hydrogen-bond acceptors (Lipinski definition) is 10. The molecule has 1 spiro atoms. The average molecular weight is 1360 g/mol. The minimum Gasteiger partial charge on any atom is -0.371 e. The van der Waals surface area contributed by atoms with Crippen LogP contribution in [0.4, 0.5) is 20.2 Å². The van der Waals surface area contributed by atoms with Crippen molar-refractivity contribution in [2.75, 3.05) is 89.8 Å². The molecule has 16 nitrogen and oxygen atoms in total. The van der Waals surface area contributed by atoms with Crippen LogP contribution in [-0.2, 0) is 19.5 Å². The Morgan fingerprint density at radius 3 is 2.00 bits per heavy atom. The molecule has 0 saturated carbocycles. The molecule has 0 aliphatic carbocycles. The van der Waals surface area contributed by atoms with Gasteiger partial charge in [-0.3, -0.25) is 13.7 Å². The van der Waals surface area contributed by atoms with Gasteiger partial charge in [-0.05, 0) is 215 Å². The molecule has 101 heavy (non-hydrogen) atoms. The van der Waals surface area contributed by atoms with Gasteiger partial charge in [0.25, 0.3) is 0 Å². The molecule has 19 rings (SSSR count). The third kappa shape index (κ3) is 12.1. The molecule has 1 N–H and O–H groups in total. The second-order valence-corrected chi connectivity index (χ2v) is 29.8. The van der Waals surface area contributed by atoms with Gasteiger partial charge in [-0.2, -0.15) is 5.26 Å². The first-order valence-electron chi connectivity index (χ1n) is 35.4. The van der Waals surface area contributed by atoms with Crippen molar-refractivity contribution >= 4 is 23.0 Å². The summed E-state index contributed by atoms with van der Waals surface area (Å²) in [4.78, 5) is 19.2. The van der Waals surface area contributed by atoms with Crippen molar-refractivity contribution < 1.29 is 8.78 Å². The molecule has 4 saturated heterocycles. The molecule has 0 amide bonds. The largest absolute Gasteiger partial charge is 0.371 e. The number of rotatable bonds is 9. The highest BCUT2D eigenvalue weighted by Crippen LogP contribution is 2.46. The zero-order valence-electron chi connectivity index (χ0n) is 57.7. The second kappa shape index (κ2) is 26.1. The highest BCUT2D eigenvalue weighted by Gasteiger charge is 2.46. The number of benzene rings is 6. The molecule has 4 fully saturated rings. The Balaban J connectivity index is 0.000000113. The van der Waals surface area contributed by atoms with Crippen LogP contribution in [0.25, 0.3) is 85.0 Å². The Hall–Kier alpha value is -10.2. The van der Waals surface area contributed by atoms with E-state index in [-0.39, 0.29) is 17.7 Å². The number of hydrogen-bond donors (Lipinski definition) is 1. The predicted molar refractivity (Wildman–Crippen MR) is 396 cm³/mol. The van der Waals surface area contributed by atoms with Gasteiger partial charge in [0.2, 0.25) is 0 Å². The van der Waals surface area contributed by atoms with Gasteiger partial charge < -0.3 is 38.6 Å². The third-order valence-corrected chi connectivity index (χ3v) is 22.6. The highest BCUT2D eigenvalue weighted by molar-refractivity contribution is 6.32. The third-order valence-electron chi connectivity index (χ3n) is 22.2. The molecular weight excluding hydrogens is 1280 g/mol. The number of nitrogens with zero attached hydrogens (tertiary/aromatic N) is 15. The average Bonchev–Trinajstić information content (AvgIpc) is 1.61. The van der Waals surface area contributed by atoms with E-state index in [4.69, 9.17) is 21.8 Å². The molecule has 0 bridgehead atoms. The van der Waals surface area contributed by atoms with E-state index in [2.05, 4.69) is 194 Å². The van der Waals surface area contributed by atoms with E-state index in [1.807, 2.05) is 73.3 Å². The van der Waals surface area contributed by atoms with Gasteiger partial charge >= 0.3 is 0 Å². The smallest absolute Gasteiger partial charge is 0.185 e. The van der Waals surface area contributed by atoms with Crippen LogP contribution in [0.15, 0.2) is 189 Å². The van der Waals surface area contributed by atoms with Crippen molar-refractivity contribution in [1.29, 1.82) is 5.26 Å². The predicted octanol–water partition coefficient (Wildman–Crippen LogP) is 15.2. The molecule has 19 heteroatoms. The minimum atomic E-state index is -0.219. The standard InChI is InChI=1S/C29H32FN5.C27H24ClN7.C26H25FN4/c1-19-15-33(17-23(19)16-32(3)4)25-9-10-27-26(14-25)20(2)35-18-22(21-5-7-24(30)8-6-21)13-28(35)29-31-11-12-34(27)29;1-32-14-27(15-32)8-9-33(16-27)21-6-7-23-20(10-21)13-34-24(26-31-30-17-35(23)26)11-22(25(34)28)19-4-2-18(12-29)3-5-19;27-23-4-2-20(3-5-23)21-15-25-26-29-11-12-31(26)24-6-1-19(13-18-7-9-28-10-8-18)14-22(24)17-30(25)16-21/h5-14,18-20,23H,15-17H2,1-4H3;2-7,10-11,17H,8-9,13-16H2,1H3;1-6,11-12,14-16,18,28H,7-10,13,17H2/t19-,20-,23-;;/m1../s1. The lowest BCUT2D eigenvalue weighted by molar-refractivity contribution is 0.0424. The summed E-state index contributed by atoms with van der Waals surface area (Å²) in [5, 5.41) is 22.0. The van der Waals surface area contributed by atoms with Gasteiger partial charge in [0, 0.05) is 129 Å². The van der Waals surface area contributed by atoms with Crippen LogP contribution in [0.2, 0.25) is 5.15 Å². The summed E-state index contributed by atoms with van der Waals surface area (Å²) in [7, 11) is 6.53. The van der Waals surface area contributed by atoms with E-state index in [0.29, 0.717) is 34.5 Å². The van der Waals surface area contributed by atoms with Gasteiger partial charge in [-0.15, -0.1) is 10.2 Å². The lowest BCUT2D eigenvalue weighted by Crippen LogP contribution is -2.55. The maximum absolute atomic E-state index is 13.5. The van der Waals surface area contributed by atoms with E-state index in [0.717, 1.165) is 138 Å². The Morgan fingerprint density at radius 1 is 0.644 bits per heavy atom. The first kappa shape index (κ1) is 64.2. The van der Waals surface area contributed by atoms with Crippen LogP contribution in [0.3, 0.4) is 0 Å². The zero-order chi connectivity index (χ0) is 68.8. The highest BCUT2D eigenvalue weighted by atomic mass is 35.5. The van der Waals surface area contributed by atoms with Crippen molar-refractivity contribution in [3.05, 3.63) is 234 Å². The maximum Gasteiger partial charge on any atom is 0.185 e. The number of imidazole rings is 2. The first-order valence-corrected chi connectivity index (χ1v) is 35.8. The number of anilines is 2. The van der Waals surface area contributed by atoms with Crippen LogP contribution >= 0.6 is 11.6 Å². The van der Waals surface area contributed by atoms with E-state index in [9.17, 15) is 8.78 Å². The molecule has 13 heterocycles. The molecule has 6 aromatic carbocycles. The van der Waals surface area contributed by atoms with Crippen molar-refractivity contribution in [2.45, 2.75) is 58.7 Å². The Bertz CT molecular complexity index is 5110. The molecule has 6 aromatic heterocycles. The number of halogens is 3. The van der Waals surface area contributed by atoms with E-state index < -0.39 is 0 Å². The van der Waals surface area contributed by atoms with Gasteiger partial charge in [0.1, 0.15) is 23.1 Å². The summed E-state index contributed by atoms with van der Waals surface area (Å²) in [5.74, 6) is 4.33. The maximum atomic E-state index is 13.5. The summed E-state index contributed by atoms with van der Waals surface area (Å²) in [5.41, 5.74) is 21.5. The van der Waals surface area contributed by atoms with Gasteiger partial charge in [0.15, 0.2) is 17.5 Å². The normalized spacial score (nSPS) is 18.4. The fourth-order valence-corrected chi connectivity index (χ4v) is 17.4.